The van der Waals surface area contributed by atoms with Gasteiger partial charge in [-0.1, -0.05) is 17.7 Å². The van der Waals surface area contributed by atoms with Gasteiger partial charge in [-0.15, -0.1) is 11.8 Å². The Bertz CT molecular complexity index is 385. The van der Waals surface area contributed by atoms with E-state index in [2.05, 4.69) is 0 Å². The largest absolute Gasteiger partial charge is 0.507 e. The molecule has 1 rings (SSSR count). The van der Waals surface area contributed by atoms with Gasteiger partial charge in [-0.25, -0.2) is 4.79 Å². The Morgan fingerprint density at radius 3 is 2.73 bits per heavy atom. The molecule has 0 aromatic heterocycles. The molecular formula is C11H12O3S. The Kier molecular flexibility index (Phi) is 4.24. The van der Waals surface area contributed by atoms with Crippen LogP contribution in [0, 0.1) is 0 Å². The Balaban J connectivity index is 2.58. The van der Waals surface area contributed by atoms with Gasteiger partial charge < -0.3 is 10.2 Å². The van der Waals surface area contributed by atoms with E-state index in [1.54, 1.807) is 25.1 Å². The molecule has 15 heavy (non-hydrogen) atoms. The van der Waals surface area contributed by atoms with Crippen LogP contribution in [-0.4, -0.2) is 21.9 Å². The Hall–Kier alpha value is -1.42. The van der Waals surface area contributed by atoms with Crippen LogP contribution in [0.5, 0.6) is 5.75 Å². The van der Waals surface area contributed by atoms with Crippen LogP contribution >= 0.6 is 11.8 Å². The van der Waals surface area contributed by atoms with Crippen LogP contribution in [0.1, 0.15) is 6.92 Å². The molecule has 0 spiro atoms. The summed E-state index contributed by atoms with van der Waals surface area (Å²) >= 11 is 1.42. The zero-order valence-corrected chi connectivity index (χ0v) is 9.12. The molecule has 0 bridgehead atoms. The van der Waals surface area contributed by atoms with Crippen molar-refractivity contribution in [2.75, 3.05) is 5.75 Å². The maximum absolute atomic E-state index is 10.4. The average molecular weight is 224 g/mol. The van der Waals surface area contributed by atoms with Crippen molar-refractivity contribution in [2.24, 2.45) is 0 Å². The molecule has 0 aliphatic rings. The summed E-state index contributed by atoms with van der Waals surface area (Å²) in [6.07, 6.45) is 1.17. The van der Waals surface area contributed by atoms with Crippen LogP contribution in [0.2, 0.25) is 0 Å². The van der Waals surface area contributed by atoms with Crippen molar-refractivity contribution in [1.29, 1.82) is 0 Å². The maximum Gasteiger partial charge on any atom is 0.328 e. The molecule has 3 nitrogen and oxygen atoms in total. The first kappa shape index (κ1) is 11.7. The number of para-hydroxylation sites is 1. The Labute approximate surface area is 92.4 Å². The summed E-state index contributed by atoms with van der Waals surface area (Å²) in [4.78, 5) is 11.1. The van der Waals surface area contributed by atoms with Gasteiger partial charge in [-0.2, -0.15) is 0 Å². The molecule has 1 aromatic rings. The summed E-state index contributed by atoms with van der Waals surface area (Å²) in [5, 5.41) is 17.9. The number of thioether (sulfide) groups is 1. The van der Waals surface area contributed by atoms with Crippen LogP contribution in [0.4, 0.5) is 0 Å². The highest BCUT2D eigenvalue weighted by Crippen LogP contribution is 2.28. The summed E-state index contributed by atoms with van der Waals surface area (Å²) in [5.41, 5.74) is 0.760. The predicted octanol–water partition coefficient (Wildman–Crippen LogP) is 2.52. The fourth-order valence-electron chi connectivity index (χ4n) is 1.02. The summed E-state index contributed by atoms with van der Waals surface area (Å²) in [7, 11) is 0. The van der Waals surface area contributed by atoms with Gasteiger partial charge in [0.2, 0.25) is 0 Å². The number of phenolic OH excluding ortho intramolecular Hbond substituents is 1. The second kappa shape index (κ2) is 5.46. The van der Waals surface area contributed by atoms with Crippen LogP contribution in [0.15, 0.2) is 40.8 Å². The van der Waals surface area contributed by atoms with Crippen molar-refractivity contribution in [2.45, 2.75) is 11.8 Å². The molecule has 0 amide bonds. The standard InChI is InChI=1S/C11H12O3S/c1-8(6-11(13)14)7-15-10-5-3-2-4-9(10)12/h2-6,12H,7H2,1H3,(H,13,14). The number of aromatic hydroxyl groups is 1. The Morgan fingerprint density at radius 1 is 1.47 bits per heavy atom. The first-order valence-corrected chi connectivity index (χ1v) is 5.39. The SMILES string of the molecule is CC(=CC(=O)O)CSc1ccccc1O. The molecule has 1 aromatic carbocycles. The number of rotatable bonds is 4. The first-order valence-electron chi connectivity index (χ1n) is 4.40. The van der Waals surface area contributed by atoms with Crippen LogP contribution < -0.4 is 0 Å². The zero-order valence-electron chi connectivity index (χ0n) is 8.30. The minimum Gasteiger partial charge on any atom is -0.507 e. The van der Waals surface area contributed by atoms with Crippen molar-refractivity contribution >= 4 is 17.7 Å². The number of carboxylic acids is 1. The molecule has 0 aliphatic heterocycles. The summed E-state index contributed by atoms with van der Waals surface area (Å²) in [5.74, 6) is -0.153. The van der Waals surface area contributed by atoms with Gasteiger partial charge in [0.05, 0.1) is 0 Å². The highest BCUT2D eigenvalue weighted by atomic mass is 32.2. The number of hydrogen-bond acceptors (Lipinski definition) is 3. The van der Waals surface area contributed by atoms with Gasteiger partial charge in [0, 0.05) is 16.7 Å². The van der Waals surface area contributed by atoms with Crippen molar-refractivity contribution in [3.8, 4) is 5.75 Å². The molecule has 0 heterocycles. The van der Waals surface area contributed by atoms with Gasteiger partial charge in [0.1, 0.15) is 5.75 Å². The average Bonchev–Trinajstić information content (AvgIpc) is 2.15. The lowest BCUT2D eigenvalue weighted by Gasteiger charge is -2.03. The number of hydrogen-bond donors (Lipinski definition) is 2. The number of phenols is 1. The van der Waals surface area contributed by atoms with Gasteiger partial charge in [0.15, 0.2) is 0 Å². The molecular weight excluding hydrogens is 212 g/mol. The van der Waals surface area contributed by atoms with E-state index >= 15 is 0 Å². The minimum atomic E-state index is -0.939. The van der Waals surface area contributed by atoms with E-state index < -0.39 is 5.97 Å². The van der Waals surface area contributed by atoms with Crippen molar-refractivity contribution in [3.05, 3.63) is 35.9 Å². The summed E-state index contributed by atoms with van der Waals surface area (Å²) in [6, 6.07) is 6.99. The summed E-state index contributed by atoms with van der Waals surface area (Å²) in [6.45, 7) is 1.75. The topological polar surface area (TPSA) is 57.5 Å². The molecule has 0 atom stereocenters. The van der Waals surface area contributed by atoms with Crippen LogP contribution in [0.25, 0.3) is 0 Å². The molecule has 0 unspecified atom stereocenters. The van der Waals surface area contributed by atoms with E-state index in [0.717, 1.165) is 10.5 Å². The zero-order chi connectivity index (χ0) is 11.3. The second-order valence-corrected chi connectivity index (χ2v) is 4.10. The van der Waals surface area contributed by atoms with E-state index in [1.165, 1.54) is 17.8 Å². The normalized spacial score (nSPS) is 11.4. The second-order valence-electron chi connectivity index (χ2n) is 3.09. The molecule has 0 fully saturated rings. The molecule has 0 saturated heterocycles. The van der Waals surface area contributed by atoms with Crippen molar-refractivity contribution in [1.82, 2.24) is 0 Å². The predicted molar refractivity (Wildman–Crippen MR) is 60.2 cm³/mol. The van der Waals surface area contributed by atoms with Gasteiger partial charge in [-0.05, 0) is 19.1 Å². The molecule has 0 radical (unpaired) electrons. The monoisotopic (exact) mass is 224 g/mol. The van der Waals surface area contributed by atoms with E-state index in [1.807, 2.05) is 6.07 Å². The van der Waals surface area contributed by atoms with E-state index in [0.29, 0.717) is 5.75 Å². The smallest absolute Gasteiger partial charge is 0.328 e. The molecule has 0 saturated carbocycles. The Morgan fingerprint density at radius 2 is 2.13 bits per heavy atom. The van der Waals surface area contributed by atoms with Crippen LogP contribution in [0.3, 0.4) is 0 Å². The molecule has 2 N–H and O–H groups in total. The third kappa shape index (κ3) is 4.08. The molecule has 0 aliphatic carbocycles. The lowest BCUT2D eigenvalue weighted by molar-refractivity contribution is -0.131. The molecule has 80 valence electrons. The lowest BCUT2D eigenvalue weighted by Crippen LogP contribution is -1.91. The number of benzene rings is 1. The molecule has 4 heteroatoms. The van der Waals surface area contributed by atoms with Gasteiger partial charge in [-0.3, -0.25) is 0 Å². The number of carboxylic acid groups (broad SMARTS) is 1. The van der Waals surface area contributed by atoms with E-state index in [9.17, 15) is 9.90 Å². The third-order valence-corrected chi connectivity index (χ3v) is 2.95. The van der Waals surface area contributed by atoms with Crippen LogP contribution in [-0.2, 0) is 4.79 Å². The van der Waals surface area contributed by atoms with E-state index in [-0.39, 0.29) is 5.75 Å². The van der Waals surface area contributed by atoms with Gasteiger partial charge in [0.25, 0.3) is 0 Å². The lowest BCUT2D eigenvalue weighted by atomic mass is 10.3. The highest BCUT2D eigenvalue weighted by molar-refractivity contribution is 7.99. The summed E-state index contributed by atoms with van der Waals surface area (Å²) < 4.78 is 0. The maximum atomic E-state index is 10.4. The van der Waals surface area contributed by atoms with Gasteiger partial charge >= 0.3 is 5.97 Å². The highest BCUT2D eigenvalue weighted by Gasteiger charge is 2.01. The number of carbonyl (C=O) groups is 1. The van der Waals surface area contributed by atoms with E-state index in [4.69, 9.17) is 5.11 Å². The number of aliphatic carboxylic acids is 1. The quantitative estimate of drug-likeness (QED) is 0.609. The third-order valence-electron chi connectivity index (χ3n) is 1.69. The fourth-order valence-corrected chi connectivity index (χ4v) is 1.88. The van der Waals surface area contributed by atoms with Crippen molar-refractivity contribution < 1.29 is 15.0 Å². The van der Waals surface area contributed by atoms with Crippen molar-refractivity contribution in [3.63, 3.8) is 0 Å². The minimum absolute atomic E-state index is 0.227. The fraction of sp³-hybridized carbons (Fsp3) is 0.182. The first-order chi connectivity index (χ1) is 7.09.